The number of hydrogen-bond donors (Lipinski definition) is 2. The number of rotatable bonds is 12. The van der Waals surface area contributed by atoms with E-state index >= 15 is 0 Å². The molecule has 0 heterocycles. The van der Waals surface area contributed by atoms with Crippen molar-refractivity contribution in [3.8, 4) is 0 Å². The highest BCUT2D eigenvalue weighted by molar-refractivity contribution is 7.53. The van der Waals surface area contributed by atoms with Gasteiger partial charge in [0.1, 0.15) is 0 Å². The molecule has 41 heavy (non-hydrogen) atoms. The first-order valence-corrected chi connectivity index (χ1v) is 10.3. The third kappa shape index (κ3) is 4.60. The molecule has 0 unspecified atom stereocenters. The number of hydrogen-bond acceptors (Lipinski definition) is 1. The fourth-order valence-corrected chi connectivity index (χ4v) is 2.75. The van der Waals surface area contributed by atoms with Gasteiger partial charge in [0.25, 0.3) is 0 Å². The first kappa shape index (κ1) is 39.8. The van der Waals surface area contributed by atoms with Crippen LogP contribution in [-0.2, 0) is 4.57 Å². The topological polar surface area (TPSA) is 57.5 Å². The molecule has 0 aliphatic heterocycles. The van der Waals surface area contributed by atoms with E-state index < -0.39 is 77.9 Å². The van der Waals surface area contributed by atoms with Crippen molar-refractivity contribution in [3.05, 3.63) is 0 Å². The summed E-state index contributed by atoms with van der Waals surface area (Å²) in [6.45, 7) is 0. The third-order valence-corrected chi connectivity index (χ3v) is 5.90. The first-order chi connectivity index (χ1) is 17.0. The van der Waals surface area contributed by atoms with E-state index in [1.165, 1.54) is 0 Å². The molecule has 0 bridgehead atoms. The highest BCUT2D eigenvalue weighted by atomic mass is 35.5. The lowest BCUT2D eigenvalue weighted by Crippen LogP contribution is -2.78. The van der Waals surface area contributed by atoms with Gasteiger partial charge in [-0.15, -0.1) is 0 Å². The monoisotopic (exact) mass is 716 g/mol. The van der Waals surface area contributed by atoms with Crippen LogP contribution >= 0.6 is 19.2 Å². The smallest absolute Gasteiger partial charge is 0.320 e. The molecule has 0 aromatic rings. The minimum atomic E-state index is -9.68. The van der Waals surface area contributed by atoms with Gasteiger partial charge in [0.2, 0.25) is 0 Å². The van der Waals surface area contributed by atoms with Crippen molar-refractivity contribution in [1.29, 1.82) is 0 Å². The zero-order valence-electron chi connectivity index (χ0n) is 17.2. The molecule has 0 saturated heterocycles. The van der Waals surface area contributed by atoms with Gasteiger partial charge in [0, 0.05) is 0 Å². The summed E-state index contributed by atoms with van der Waals surface area (Å²) in [5.74, 6) is -92.5. The maximum Gasteiger partial charge on any atom is 0.413 e. The third-order valence-electron chi connectivity index (χ3n) is 4.65. The van der Waals surface area contributed by atoms with Crippen molar-refractivity contribution in [1.82, 2.24) is 0 Å². The molecular weight excluding hydrogens is 715 g/mol. The predicted molar refractivity (Wildman–Crippen MR) is 77.3 cm³/mol. The van der Waals surface area contributed by atoms with Gasteiger partial charge in [-0.3, -0.25) is 4.57 Å². The van der Waals surface area contributed by atoms with Gasteiger partial charge in [0.05, 0.1) is 0 Å². The molecule has 0 amide bonds. The largest absolute Gasteiger partial charge is 0.413 e. The summed E-state index contributed by atoms with van der Waals surface area (Å²) in [4.78, 5) is 15.7. The molecule has 0 aliphatic carbocycles. The molecule has 248 valence electrons. The van der Waals surface area contributed by atoms with Gasteiger partial charge in [-0.2, -0.15) is 105 Å². The Morgan fingerprint density at radius 1 is 0.341 bits per heavy atom. The van der Waals surface area contributed by atoms with Gasteiger partial charge in [-0.05, 0) is 11.6 Å². The van der Waals surface area contributed by atoms with Crippen LogP contribution in [0.3, 0.4) is 0 Å². The normalized spacial score (nSPS) is 17.2. The van der Waals surface area contributed by atoms with Crippen molar-refractivity contribution in [2.75, 3.05) is 0 Å². The zero-order chi connectivity index (χ0) is 34.5. The van der Waals surface area contributed by atoms with Gasteiger partial charge >= 0.3 is 77.9 Å². The highest BCUT2D eigenvalue weighted by Gasteiger charge is 3.00. The summed E-state index contributed by atoms with van der Waals surface area (Å²) in [5.41, 5.74) is -8.06. The quantitative estimate of drug-likeness (QED) is 0.123. The minimum absolute atomic E-state index is 3.20. The molecule has 0 spiro atoms. The lowest BCUT2D eigenvalue weighted by atomic mass is 9.85. The van der Waals surface area contributed by atoms with Crippen LogP contribution in [0.4, 0.5) is 105 Å². The van der Waals surface area contributed by atoms with Crippen molar-refractivity contribution in [3.63, 3.8) is 0 Å². The van der Waals surface area contributed by atoms with Crippen LogP contribution in [0.1, 0.15) is 0 Å². The van der Waals surface area contributed by atoms with E-state index in [2.05, 4.69) is 11.6 Å². The zero-order valence-corrected chi connectivity index (χ0v) is 18.8. The molecule has 3 nitrogen and oxygen atoms in total. The van der Waals surface area contributed by atoms with Crippen LogP contribution in [0.5, 0.6) is 0 Å². The molecule has 0 rings (SSSR count). The summed E-state index contributed by atoms with van der Waals surface area (Å²) in [5, 5.41) is -7.25. The Morgan fingerprint density at radius 2 is 0.488 bits per heavy atom. The highest BCUT2D eigenvalue weighted by Crippen LogP contribution is 2.70. The number of alkyl halides is 25. The number of halogens is 25. The van der Waals surface area contributed by atoms with Crippen LogP contribution in [0.2, 0.25) is 0 Å². The Kier molecular flexibility index (Phi) is 9.10. The molecule has 29 heteroatoms. The lowest BCUT2D eigenvalue weighted by molar-refractivity contribution is -0.475. The lowest BCUT2D eigenvalue weighted by Gasteiger charge is -2.45. The van der Waals surface area contributed by atoms with E-state index in [4.69, 9.17) is 9.79 Å². The standard InChI is InChI=1S/C12H2ClF24O3P/c13-11(34,35)9(30,31)7(26,27)5(22,23)3(18,19)1(14,15)2(16,17)4(20,21)6(24,25)8(28,29)10(32,33)12(36,37)41(38,39)40/h(H2,38,39,40). The second-order valence-corrected chi connectivity index (χ2v) is 9.45. The summed E-state index contributed by atoms with van der Waals surface area (Å²) < 4.78 is 328. The Balaban J connectivity index is 7.43. The van der Waals surface area contributed by atoms with Crippen LogP contribution < -0.4 is 0 Å². The second-order valence-electron chi connectivity index (χ2n) is 7.33. The first-order valence-electron chi connectivity index (χ1n) is 8.28. The average Bonchev–Trinajstić information content (AvgIpc) is 2.70. The van der Waals surface area contributed by atoms with E-state index in [-0.39, 0.29) is 0 Å². The fraction of sp³-hybridized carbons (Fsp3) is 1.00. The van der Waals surface area contributed by atoms with Crippen molar-refractivity contribution in [2.24, 2.45) is 0 Å². The summed E-state index contributed by atoms with van der Waals surface area (Å²) >= 11 is 3.20. The summed E-state index contributed by atoms with van der Waals surface area (Å²) in [6.07, 6.45) is 0. The molecular formula is C12H2ClF24O3P. The summed E-state index contributed by atoms with van der Waals surface area (Å²) in [6, 6.07) is 0. The fourth-order valence-electron chi connectivity index (χ4n) is 2.13. The SMILES string of the molecule is O=P(O)(O)C(F)(F)C(F)(F)C(F)(F)C(F)(F)C(F)(F)C(F)(F)C(F)(F)C(F)(F)C(F)(F)C(F)(F)C(F)(F)C(F)(F)Cl. The molecule has 2 N–H and O–H groups in total. The molecule has 0 fully saturated rings. The molecule has 0 aromatic carbocycles. The van der Waals surface area contributed by atoms with Crippen molar-refractivity contribution >= 4 is 19.2 Å². The van der Waals surface area contributed by atoms with Crippen LogP contribution in [-0.4, -0.2) is 80.1 Å². The van der Waals surface area contributed by atoms with Crippen molar-refractivity contribution < 1.29 is 120 Å². The Hall–Kier alpha value is -1.24. The van der Waals surface area contributed by atoms with Gasteiger partial charge in [-0.1, -0.05) is 0 Å². The van der Waals surface area contributed by atoms with Gasteiger partial charge < -0.3 is 9.79 Å². The van der Waals surface area contributed by atoms with Crippen molar-refractivity contribution in [2.45, 2.75) is 70.3 Å². The Labute approximate surface area is 210 Å². The van der Waals surface area contributed by atoms with Gasteiger partial charge in [0.15, 0.2) is 0 Å². The predicted octanol–water partition coefficient (Wildman–Crippen LogP) is 7.94. The molecule has 0 saturated carbocycles. The Morgan fingerprint density at radius 3 is 0.634 bits per heavy atom. The molecule has 0 aliphatic rings. The molecule has 0 aromatic heterocycles. The molecule has 0 atom stereocenters. The second kappa shape index (κ2) is 9.38. The van der Waals surface area contributed by atoms with Gasteiger partial charge in [-0.25, -0.2) is 0 Å². The van der Waals surface area contributed by atoms with Crippen LogP contribution in [0, 0.1) is 0 Å². The average molecular weight is 717 g/mol. The molecule has 0 radical (unpaired) electrons. The van der Waals surface area contributed by atoms with E-state index in [1.54, 1.807) is 0 Å². The van der Waals surface area contributed by atoms with Crippen LogP contribution in [0.25, 0.3) is 0 Å². The van der Waals surface area contributed by atoms with E-state index in [9.17, 15) is 110 Å². The maximum atomic E-state index is 13.5. The van der Waals surface area contributed by atoms with E-state index in [0.29, 0.717) is 0 Å². The van der Waals surface area contributed by atoms with E-state index in [1.807, 2.05) is 0 Å². The summed E-state index contributed by atoms with van der Waals surface area (Å²) in [7, 11) is -8.30. The maximum absolute atomic E-state index is 13.5. The Bertz CT molecular complexity index is 1040. The van der Waals surface area contributed by atoms with Crippen LogP contribution in [0.15, 0.2) is 0 Å². The minimum Gasteiger partial charge on any atom is -0.320 e. The van der Waals surface area contributed by atoms with E-state index in [0.717, 1.165) is 0 Å².